The van der Waals surface area contributed by atoms with E-state index in [9.17, 15) is 14.4 Å². The van der Waals surface area contributed by atoms with Crippen LogP contribution >= 0.6 is 0 Å². The largest absolute Gasteiger partial charge is 0.465 e. The number of carbonyl (C=O) groups is 3. The fraction of sp³-hybridized carbons (Fsp3) is 0.688. The molecule has 1 aliphatic carbocycles. The number of ether oxygens (including phenoxy) is 10. The average molecular weight is 874 g/mol. The summed E-state index contributed by atoms with van der Waals surface area (Å²) in [6, 6.07) is 16.3. The van der Waals surface area contributed by atoms with Crippen molar-refractivity contribution in [2.45, 2.75) is 90.1 Å². The number of esters is 2. The molecule has 14 heteroatoms. The highest BCUT2D eigenvalue weighted by atomic mass is 16.6. The number of benzene rings is 2. The van der Waals surface area contributed by atoms with E-state index in [1.54, 1.807) is 27.9 Å². The van der Waals surface area contributed by atoms with E-state index in [0.29, 0.717) is 99.1 Å². The van der Waals surface area contributed by atoms with Crippen LogP contribution in [0.25, 0.3) is 11.1 Å². The van der Waals surface area contributed by atoms with E-state index >= 15 is 0 Å². The van der Waals surface area contributed by atoms with E-state index in [1.165, 1.54) is 0 Å². The van der Waals surface area contributed by atoms with Crippen molar-refractivity contribution in [1.29, 1.82) is 0 Å². The van der Waals surface area contributed by atoms with Gasteiger partial charge in [-0.25, -0.2) is 0 Å². The molecular weight excluding hydrogens is 799 g/mol. The van der Waals surface area contributed by atoms with Crippen molar-refractivity contribution in [3.8, 4) is 11.1 Å². The Hall–Kier alpha value is -3.47. The smallest absolute Gasteiger partial charge is 0.306 e. The van der Waals surface area contributed by atoms with Gasteiger partial charge in [0, 0.05) is 111 Å². The van der Waals surface area contributed by atoms with Gasteiger partial charge in [-0.3, -0.25) is 14.4 Å². The van der Waals surface area contributed by atoms with Crippen LogP contribution in [0.1, 0.15) is 95.6 Å². The summed E-state index contributed by atoms with van der Waals surface area (Å²) in [5.74, 6) is -2.07. The van der Waals surface area contributed by atoms with Crippen LogP contribution in [0.15, 0.2) is 48.5 Å². The van der Waals surface area contributed by atoms with E-state index in [-0.39, 0.29) is 44.2 Å². The van der Waals surface area contributed by atoms with Crippen LogP contribution in [0.4, 0.5) is 0 Å². The number of hydrogen-bond donors (Lipinski definition) is 1. The van der Waals surface area contributed by atoms with Crippen LogP contribution in [0, 0.1) is 5.92 Å². The summed E-state index contributed by atoms with van der Waals surface area (Å²) in [5, 5.41) is 2.86. The molecule has 1 aliphatic rings. The first-order valence-corrected chi connectivity index (χ1v) is 22.6. The topological polar surface area (TPSA) is 156 Å². The maximum absolute atomic E-state index is 13.2. The molecule has 0 saturated heterocycles. The predicted molar refractivity (Wildman–Crippen MR) is 236 cm³/mol. The van der Waals surface area contributed by atoms with Gasteiger partial charge in [0.25, 0.3) is 0 Å². The number of hydrogen-bond acceptors (Lipinski definition) is 13. The first kappa shape index (κ1) is 52.9. The molecule has 0 heterocycles. The van der Waals surface area contributed by atoms with E-state index in [0.717, 1.165) is 60.8 Å². The van der Waals surface area contributed by atoms with Gasteiger partial charge in [-0.05, 0) is 88.0 Å². The second-order valence-electron chi connectivity index (χ2n) is 16.1. The molecule has 0 aliphatic heterocycles. The fourth-order valence-electron chi connectivity index (χ4n) is 6.71. The Morgan fingerprint density at radius 3 is 1.42 bits per heavy atom. The minimum atomic E-state index is -0.754. The van der Waals surface area contributed by atoms with Gasteiger partial charge in [0.1, 0.15) is 12.2 Å². The zero-order chi connectivity index (χ0) is 44.5. The minimum Gasteiger partial charge on any atom is -0.465 e. The third-order valence-electron chi connectivity index (χ3n) is 9.72. The molecule has 1 atom stereocenters. The molecule has 3 rings (SSSR count). The van der Waals surface area contributed by atoms with Gasteiger partial charge in [-0.1, -0.05) is 48.5 Å². The van der Waals surface area contributed by atoms with Crippen molar-refractivity contribution in [3.05, 3.63) is 59.7 Å². The fourth-order valence-corrected chi connectivity index (χ4v) is 6.71. The van der Waals surface area contributed by atoms with Gasteiger partial charge in [-0.2, -0.15) is 0 Å². The van der Waals surface area contributed by atoms with Crippen LogP contribution in [0.3, 0.4) is 0 Å². The molecule has 0 radical (unpaired) electrons. The molecule has 0 aromatic heterocycles. The number of fused-ring (bicyclic) bond motifs is 3. The average Bonchev–Trinajstić information content (AvgIpc) is 3.57. The molecule has 0 bridgehead atoms. The van der Waals surface area contributed by atoms with Crippen LogP contribution in [-0.2, 0) is 61.8 Å². The molecular formula is C48H75NO13. The summed E-state index contributed by atoms with van der Waals surface area (Å²) < 4.78 is 55.5. The molecule has 0 spiro atoms. The highest BCUT2D eigenvalue weighted by Crippen LogP contribution is 2.44. The zero-order valence-corrected chi connectivity index (χ0v) is 38.0. The lowest BCUT2D eigenvalue weighted by atomic mass is 9.97. The maximum atomic E-state index is 13.2. The lowest BCUT2D eigenvalue weighted by molar-refractivity contribution is -0.156. The standard InChI is InChI=1S/C48H75NO13/c1-48(2,3)62-45(50)20-19-39(37-46(51)61-38-44-42-17-7-5-15-40(42)41-16-6-8-18-43(41)44)47(52)49-21-34-59-32-13-30-57-28-11-26-55-24-9-22-54-23-10-25-56-27-12-29-58-31-14-33-60-36-35-53-4/h5-8,15-18,39,44H,9-14,19-38H2,1-4H3,(H,49,52)/t39-/m1/s1. The van der Waals surface area contributed by atoms with Gasteiger partial charge in [0.15, 0.2) is 0 Å². The van der Waals surface area contributed by atoms with Crippen LogP contribution in [0.5, 0.6) is 0 Å². The normalized spacial score (nSPS) is 12.8. The molecule has 2 aromatic carbocycles. The van der Waals surface area contributed by atoms with Crippen LogP contribution < -0.4 is 5.32 Å². The molecule has 0 unspecified atom stereocenters. The highest BCUT2D eigenvalue weighted by molar-refractivity contribution is 5.84. The summed E-state index contributed by atoms with van der Waals surface area (Å²) in [6.07, 6.45) is 5.03. The predicted octanol–water partition coefficient (Wildman–Crippen LogP) is 6.69. The molecule has 62 heavy (non-hydrogen) atoms. The zero-order valence-electron chi connectivity index (χ0n) is 38.0. The lowest BCUT2D eigenvalue weighted by Gasteiger charge is -2.21. The summed E-state index contributed by atoms with van der Waals surface area (Å²) in [7, 11) is 1.66. The van der Waals surface area contributed by atoms with Gasteiger partial charge >= 0.3 is 11.9 Å². The van der Waals surface area contributed by atoms with Crippen molar-refractivity contribution in [2.75, 3.05) is 119 Å². The summed E-state index contributed by atoms with van der Waals surface area (Å²) in [4.78, 5) is 38.9. The molecule has 0 saturated carbocycles. The number of methoxy groups -OCH3 is 1. The van der Waals surface area contributed by atoms with E-state index in [1.807, 2.05) is 24.3 Å². The Morgan fingerprint density at radius 1 is 0.565 bits per heavy atom. The summed E-state index contributed by atoms with van der Waals surface area (Å²) in [5.41, 5.74) is 3.85. The number of nitrogens with one attached hydrogen (secondary N) is 1. The Kier molecular flexibility index (Phi) is 28.2. The van der Waals surface area contributed by atoms with Gasteiger partial charge in [-0.15, -0.1) is 0 Å². The SMILES string of the molecule is COCCOCCCOCCCOCCCOCCCOCCCOCCCOCCNC(=O)[C@H](CCC(=O)OC(C)(C)C)CC(=O)OCC1c2ccccc2-c2ccccc21. The second kappa shape index (κ2) is 33.1. The van der Waals surface area contributed by atoms with E-state index in [4.69, 9.17) is 47.4 Å². The second-order valence-corrected chi connectivity index (χ2v) is 16.1. The molecule has 2 aromatic rings. The lowest BCUT2D eigenvalue weighted by Crippen LogP contribution is -2.35. The van der Waals surface area contributed by atoms with Gasteiger partial charge in [0.05, 0.1) is 26.2 Å². The third-order valence-corrected chi connectivity index (χ3v) is 9.72. The Balaban J connectivity index is 1.15. The van der Waals surface area contributed by atoms with Crippen LogP contribution in [0.2, 0.25) is 0 Å². The molecule has 1 N–H and O–H groups in total. The molecule has 350 valence electrons. The van der Waals surface area contributed by atoms with E-state index < -0.39 is 23.5 Å². The Bertz CT molecular complexity index is 1450. The molecule has 0 fully saturated rings. The van der Waals surface area contributed by atoms with Crippen LogP contribution in [-0.4, -0.2) is 143 Å². The number of amides is 1. The molecule has 1 amide bonds. The Labute approximate surface area is 370 Å². The van der Waals surface area contributed by atoms with Crippen molar-refractivity contribution < 1.29 is 61.8 Å². The van der Waals surface area contributed by atoms with Crippen molar-refractivity contribution in [2.24, 2.45) is 5.92 Å². The van der Waals surface area contributed by atoms with Crippen molar-refractivity contribution >= 4 is 17.8 Å². The first-order valence-electron chi connectivity index (χ1n) is 22.6. The summed E-state index contributed by atoms with van der Waals surface area (Å²) >= 11 is 0. The minimum absolute atomic E-state index is 0.00746. The van der Waals surface area contributed by atoms with E-state index in [2.05, 4.69) is 29.6 Å². The monoisotopic (exact) mass is 874 g/mol. The Morgan fingerprint density at radius 2 is 0.984 bits per heavy atom. The molecule has 14 nitrogen and oxygen atoms in total. The maximum Gasteiger partial charge on any atom is 0.306 e. The van der Waals surface area contributed by atoms with Gasteiger partial charge < -0.3 is 52.7 Å². The quantitative estimate of drug-likeness (QED) is 0.0564. The van der Waals surface area contributed by atoms with Crippen molar-refractivity contribution in [1.82, 2.24) is 5.32 Å². The third kappa shape index (κ3) is 23.8. The number of rotatable bonds is 38. The highest BCUT2D eigenvalue weighted by Gasteiger charge is 2.30. The first-order chi connectivity index (χ1) is 30.2. The number of carbonyl (C=O) groups excluding carboxylic acids is 3. The van der Waals surface area contributed by atoms with Crippen molar-refractivity contribution in [3.63, 3.8) is 0 Å². The summed E-state index contributed by atoms with van der Waals surface area (Å²) in [6.45, 7) is 15.1. The van der Waals surface area contributed by atoms with Gasteiger partial charge in [0.2, 0.25) is 5.91 Å².